The summed E-state index contributed by atoms with van der Waals surface area (Å²) >= 11 is 0. The molecule has 2 aromatic heterocycles. The zero-order valence-electron chi connectivity index (χ0n) is 16.7. The maximum atomic E-state index is 12.8. The van der Waals surface area contributed by atoms with Gasteiger partial charge in [0.1, 0.15) is 12.0 Å². The highest BCUT2D eigenvalue weighted by Crippen LogP contribution is 2.35. The molecule has 0 saturated heterocycles. The average molecular weight is 412 g/mol. The van der Waals surface area contributed by atoms with Gasteiger partial charge in [-0.05, 0) is 37.1 Å². The second-order valence-corrected chi connectivity index (χ2v) is 7.54. The normalized spacial score (nSPS) is 13.5. The lowest BCUT2D eigenvalue weighted by molar-refractivity contribution is 0.101. The first-order valence-electron chi connectivity index (χ1n) is 10.2. The third-order valence-electron chi connectivity index (χ3n) is 5.46. The van der Waals surface area contributed by atoms with E-state index in [9.17, 15) is 9.59 Å². The number of rotatable bonds is 5. The molecule has 1 fully saturated rings. The lowest BCUT2D eigenvalue weighted by Gasteiger charge is -2.21. The Morgan fingerprint density at radius 3 is 2.19 bits per heavy atom. The van der Waals surface area contributed by atoms with E-state index in [0.717, 1.165) is 30.2 Å². The minimum absolute atomic E-state index is 0.222. The summed E-state index contributed by atoms with van der Waals surface area (Å²) in [5, 5.41) is 6.59. The van der Waals surface area contributed by atoms with Gasteiger partial charge in [-0.3, -0.25) is 9.59 Å². The Hall–Kier alpha value is -4.00. The largest absolute Gasteiger partial charge is 0.448 e. The van der Waals surface area contributed by atoms with Gasteiger partial charge in [-0.2, -0.15) is 0 Å². The maximum Gasteiger partial charge on any atom is 0.277 e. The van der Waals surface area contributed by atoms with Crippen molar-refractivity contribution < 1.29 is 14.0 Å². The quantitative estimate of drug-likeness (QED) is 0.481. The van der Waals surface area contributed by atoms with E-state index in [0.29, 0.717) is 28.9 Å². The SMILES string of the molecule is O=C(Nc1ccccc1NC(=O)c1ccc2ccccc2n1)c1coc(C2CCC2)n1. The number of nitrogens with zero attached hydrogens (tertiary/aromatic N) is 2. The molecule has 1 aliphatic rings. The topological polar surface area (TPSA) is 97.1 Å². The third kappa shape index (κ3) is 3.90. The van der Waals surface area contributed by atoms with Crippen LogP contribution in [0.5, 0.6) is 0 Å². The Kier molecular flexibility index (Phi) is 4.92. The van der Waals surface area contributed by atoms with Crippen molar-refractivity contribution in [3.8, 4) is 0 Å². The van der Waals surface area contributed by atoms with Gasteiger partial charge < -0.3 is 15.1 Å². The smallest absolute Gasteiger partial charge is 0.277 e. The second-order valence-electron chi connectivity index (χ2n) is 7.54. The zero-order chi connectivity index (χ0) is 21.2. The van der Waals surface area contributed by atoms with Gasteiger partial charge in [-0.25, -0.2) is 9.97 Å². The monoisotopic (exact) mass is 412 g/mol. The van der Waals surface area contributed by atoms with E-state index in [1.807, 2.05) is 30.3 Å². The van der Waals surface area contributed by atoms with Crippen LogP contribution in [0.2, 0.25) is 0 Å². The Balaban J connectivity index is 1.33. The lowest BCUT2D eigenvalue weighted by Crippen LogP contribution is -2.18. The van der Waals surface area contributed by atoms with E-state index >= 15 is 0 Å². The van der Waals surface area contributed by atoms with Crippen LogP contribution in [0, 0.1) is 0 Å². The third-order valence-corrected chi connectivity index (χ3v) is 5.46. The molecule has 0 spiro atoms. The van der Waals surface area contributed by atoms with Crippen LogP contribution in [0.1, 0.15) is 52.0 Å². The second kappa shape index (κ2) is 8.02. The number of aromatic nitrogens is 2. The Morgan fingerprint density at radius 2 is 1.48 bits per heavy atom. The van der Waals surface area contributed by atoms with Crippen molar-refractivity contribution in [3.63, 3.8) is 0 Å². The summed E-state index contributed by atoms with van der Waals surface area (Å²) in [7, 11) is 0. The Bertz CT molecular complexity index is 1280. The predicted octanol–water partition coefficient (Wildman–Crippen LogP) is 4.99. The van der Waals surface area contributed by atoms with Crippen molar-refractivity contribution in [2.75, 3.05) is 10.6 Å². The molecule has 0 unspecified atom stereocenters. The molecule has 7 heteroatoms. The van der Waals surface area contributed by atoms with Crippen molar-refractivity contribution in [2.45, 2.75) is 25.2 Å². The van der Waals surface area contributed by atoms with Crippen molar-refractivity contribution in [3.05, 3.63) is 84.2 Å². The van der Waals surface area contributed by atoms with Gasteiger partial charge in [-0.15, -0.1) is 0 Å². The fourth-order valence-corrected chi connectivity index (χ4v) is 3.50. The highest BCUT2D eigenvalue weighted by molar-refractivity contribution is 6.09. The molecule has 0 radical (unpaired) electrons. The number of anilines is 2. The zero-order valence-corrected chi connectivity index (χ0v) is 16.7. The molecule has 2 N–H and O–H groups in total. The van der Waals surface area contributed by atoms with Crippen LogP contribution in [0.15, 0.2) is 71.3 Å². The molecule has 2 amide bonds. The van der Waals surface area contributed by atoms with Gasteiger partial charge in [0.2, 0.25) is 0 Å². The number of carbonyl (C=O) groups excluding carboxylic acids is 2. The maximum absolute atomic E-state index is 12.8. The molecule has 1 aliphatic carbocycles. The molecular weight excluding hydrogens is 392 g/mol. The standard InChI is InChI=1S/C24H20N4O3/c29-22(20-13-12-15-6-1-2-9-17(15)25-20)26-18-10-3-4-11-19(18)27-23(30)21-14-31-24(28-21)16-7-5-8-16/h1-4,6,9-14,16H,5,7-8H2,(H,26,29)(H,27,30). The lowest BCUT2D eigenvalue weighted by atomic mass is 9.85. The minimum Gasteiger partial charge on any atom is -0.448 e. The summed E-state index contributed by atoms with van der Waals surface area (Å²) < 4.78 is 5.47. The molecule has 7 nitrogen and oxygen atoms in total. The van der Waals surface area contributed by atoms with Crippen LogP contribution in [0.25, 0.3) is 10.9 Å². The van der Waals surface area contributed by atoms with Gasteiger partial charge in [0.15, 0.2) is 11.6 Å². The molecule has 2 heterocycles. The fraction of sp³-hybridized carbons (Fsp3) is 0.167. The summed E-state index contributed by atoms with van der Waals surface area (Å²) in [5.74, 6) is 0.170. The number of amides is 2. The number of hydrogen-bond acceptors (Lipinski definition) is 5. The van der Waals surface area contributed by atoms with Crippen LogP contribution in [0.4, 0.5) is 11.4 Å². The molecular formula is C24H20N4O3. The van der Waals surface area contributed by atoms with Crippen LogP contribution >= 0.6 is 0 Å². The van der Waals surface area contributed by atoms with Gasteiger partial charge in [-0.1, -0.05) is 42.8 Å². The first kappa shape index (κ1) is 19.0. The molecule has 5 rings (SSSR count). The summed E-state index contributed by atoms with van der Waals surface area (Å²) in [6.07, 6.45) is 4.62. The molecule has 0 atom stereocenters. The first-order valence-corrected chi connectivity index (χ1v) is 10.2. The molecule has 31 heavy (non-hydrogen) atoms. The summed E-state index contributed by atoms with van der Waals surface area (Å²) in [6.45, 7) is 0. The predicted molar refractivity (Wildman–Crippen MR) is 117 cm³/mol. The van der Waals surface area contributed by atoms with E-state index in [4.69, 9.17) is 4.42 Å². The van der Waals surface area contributed by atoms with Gasteiger partial charge in [0.05, 0.1) is 16.9 Å². The number of benzene rings is 2. The summed E-state index contributed by atoms with van der Waals surface area (Å²) in [6, 6.07) is 18.1. The highest BCUT2D eigenvalue weighted by atomic mass is 16.3. The molecule has 0 bridgehead atoms. The summed E-state index contributed by atoms with van der Waals surface area (Å²) in [5.41, 5.74) is 2.19. The van der Waals surface area contributed by atoms with Gasteiger partial charge in [0.25, 0.3) is 11.8 Å². The molecule has 0 aliphatic heterocycles. The van der Waals surface area contributed by atoms with Crippen molar-refractivity contribution in [1.82, 2.24) is 9.97 Å². The first-order chi connectivity index (χ1) is 15.2. The van der Waals surface area contributed by atoms with E-state index in [-0.39, 0.29) is 17.5 Å². The molecule has 154 valence electrons. The average Bonchev–Trinajstić information content (AvgIpc) is 3.23. The van der Waals surface area contributed by atoms with E-state index in [1.54, 1.807) is 30.3 Å². The number of hydrogen-bond donors (Lipinski definition) is 2. The fourth-order valence-electron chi connectivity index (χ4n) is 3.50. The number of fused-ring (bicyclic) bond motifs is 1. The van der Waals surface area contributed by atoms with E-state index in [2.05, 4.69) is 20.6 Å². The number of carbonyl (C=O) groups is 2. The van der Waals surface area contributed by atoms with E-state index < -0.39 is 0 Å². The highest BCUT2D eigenvalue weighted by Gasteiger charge is 2.25. The van der Waals surface area contributed by atoms with E-state index in [1.165, 1.54) is 6.26 Å². The van der Waals surface area contributed by atoms with Crippen LogP contribution in [-0.4, -0.2) is 21.8 Å². The number of oxazole rings is 1. The number of nitrogens with one attached hydrogen (secondary N) is 2. The Morgan fingerprint density at radius 1 is 0.806 bits per heavy atom. The van der Waals surface area contributed by atoms with Crippen molar-refractivity contribution >= 4 is 34.1 Å². The summed E-state index contributed by atoms with van der Waals surface area (Å²) in [4.78, 5) is 34.2. The van der Waals surface area contributed by atoms with Crippen molar-refractivity contribution in [1.29, 1.82) is 0 Å². The van der Waals surface area contributed by atoms with Gasteiger partial charge >= 0.3 is 0 Å². The minimum atomic E-state index is -0.389. The number of para-hydroxylation sites is 3. The van der Waals surface area contributed by atoms with Crippen LogP contribution in [0.3, 0.4) is 0 Å². The number of pyridine rings is 1. The Labute approximate surface area is 178 Å². The van der Waals surface area contributed by atoms with Crippen LogP contribution < -0.4 is 10.6 Å². The molecule has 2 aromatic carbocycles. The van der Waals surface area contributed by atoms with Crippen LogP contribution in [-0.2, 0) is 0 Å². The van der Waals surface area contributed by atoms with Gasteiger partial charge in [0, 0.05) is 11.3 Å². The molecule has 4 aromatic rings. The molecule has 1 saturated carbocycles. The van der Waals surface area contributed by atoms with Crippen molar-refractivity contribution in [2.24, 2.45) is 0 Å².